The van der Waals surface area contributed by atoms with Crippen molar-refractivity contribution in [1.29, 1.82) is 0 Å². The minimum Gasteiger partial charge on any atom is -0.476 e. The highest BCUT2D eigenvalue weighted by Crippen LogP contribution is 2.23. The highest BCUT2D eigenvalue weighted by atomic mass is 35.5. The predicted molar refractivity (Wildman–Crippen MR) is 70.5 cm³/mol. The number of hydrogen-bond acceptors (Lipinski definition) is 4. The summed E-state index contributed by atoms with van der Waals surface area (Å²) in [6.07, 6.45) is 1.06. The number of aromatic carboxylic acids is 1. The molecule has 1 fully saturated rings. The van der Waals surface area contributed by atoms with Crippen LogP contribution >= 0.6 is 11.6 Å². The van der Waals surface area contributed by atoms with Crippen LogP contribution in [0, 0.1) is 0 Å². The van der Waals surface area contributed by atoms with Gasteiger partial charge in [-0.15, -0.1) is 0 Å². The molecule has 1 aromatic rings. The van der Waals surface area contributed by atoms with E-state index in [-0.39, 0.29) is 10.7 Å². The first kappa shape index (κ1) is 13.1. The molecule has 0 aliphatic carbocycles. The number of hydrogen-bond donors (Lipinski definition) is 1. The van der Waals surface area contributed by atoms with Crippen molar-refractivity contribution in [3.05, 3.63) is 22.8 Å². The molecule has 0 spiro atoms. The van der Waals surface area contributed by atoms with Crippen molar-refractivity contribution in [3.8, 4) is 0 Å². The van der Waals surface area contributed by atoms with Crippen LogP contribution in [0.3, 0.4) is 0 Å². The van der Waals surface area contributed by atoms with E-state index in [0.29, 0.717) is 11.9 Å². The van der Waals surface area contributed by atoms with Gasteiger partial charge in [-0.1, -0.05) is 11.6 Å². The van der Waals surface area contributed by atoms with Gasteiger partial charge in [-0.2, -0.15) is 0 Å². The van der Waals surface area contributed by atoms with Crippen molar-refractivity contribution in [2.75, 3.05) is 32.1 Å². The molecule has 0 aromatic carbocycles. The van der Waals surface area contributed by atoms with E-state index in [1.165, 1.54) is 0 Å². The van der Waals surface area contributed by atoms with Crippen LogP contribution in [0.1, 0.15) is 16.9 Å². The third-order valence-electron chi connectivity index (χ3n) is 3.25. The minimum absolute atomic E-state index is 0.0810. The Morgan fingerprint density at radius 1 is 1.56 bits per heavy atom. The van der Waals surface area contributed by atoms with Crippen molar-refractivity contribution < 1.29 is 9.90 Å². The first-order valence-electron chi connectivity index (χ1n) is 5.80. The lowest BCUT2D eigenvalue weighted by Crippen LogP contribution is -2.31. The van der Waals surface area contributed by atoms with Gasteiger partial charge in [-0.3, -0.25) is 0 Å². The number of likely N-dealkylation sites (N-methyl/N-ethyl adjacent to an activating group) is 1. The number of rotatable bonds is 3. The zero-order chi connectivity index (χ0) is 13.3. The SMILES string of the molecule is CN(C)C1CCN(c2ccc(Cl)c(C(=O)O)n2)C1. The fourth-order valence-electron chi connectivity index (χ4n) is 2.13. The van der Waals surface area contributed by atoms with Crippen molar-refractivity contribution in [2.45, 2.75) is 12.5 Å². The van der Waals surface area contributed by atoms with Crippen LogP contribution in [0.2, 0.25) is 5.02 Å². The number of pyridine rings is 1. The van der Waals surface area contributed by atoms with Crippen LogP contribution in [0.25, 0.3) is 0 Å². The number of nitrogens with zero attached hydrogens (tertiary/aromatic N) is 3. The lowest BCUT2D eigenvalue weighted by molar-refractivity contribution is 0.0691. The maximum atomic E-state index is 11.0. The average molecular weight is 270 g/mol. The molecule has 1 aliphatic rings. The van der Waals surface area contributed by atoms with Crippen molar-refractivity contribution in [2.24, 2.45) is 0 Å². The number of carbonyl (C=O) groups is 1. The lowest BCUT2D eigenvalue weighted by Gasteiger charge is -2.21. The van der Waals surface area contributed by atoms with E-state index in [2.05, 4.69) is 14.8 Å². The van der Waals surface area contributed by atoms with Crippen molar-refractivity contribution >= 4 is 23.4 Å². The first-order valence-corrected chi connectivity index (χ1v) is 6.18. The molecule has 1 atom stereocenters. The molecule has 5 nitrogen and oxygen atoms in total. The Kier molecular flexibility index (Phi) is 3.73. The third-order valence-corrected chi connectivity index (χ3v) is 3.56. The smallest absolute Gasteiger partial charge is 0.356 e. The first-order chi connectivity index (χ1) is 8.49. The summed E-state index contributed by atoms with van der Waals surface area (Å²) >= 11 is 5.81. The summed E-state index contributed by atoms with van der Waals surface area (Å²) in [6, 6.07) is 3.85. The Morgan fingerprint density at radius 2 is 2.28 bits per heavy atom. The van der Waals surface area contributed by atoms with Gasteiger partial charge in [0.2, 0.25) is 0 Å². The average Bonchev–Trinajstić information content (AvgIpc) is 2.78. The van der Waals surface area contributed by atoms with Crippen LogP contribution < -0.4 is 4.90 Å². The van der Waals surface area contributed by atoms with Crippen molar-refractivity contribution in [3.63, 3.8) is 0 Å². The molecule has 1 saturated heterocycles. The second-order valence-electron chi connectivity index (χ2n) is 4.66. The van der Waals surface area contributed by atoms with Gasteiger partial charge in [0.15, 0.2) is 5.69 Å². The summed E-state index contributed by atoms with van der Waals surface area (Å²) in [6.45, 7) is 1.75. The van der Waals surface area contributed by atoms with Gasteiger partial charge in [0, 0.05) is 19.1 Å². The molecule has 1 aromatic heterocycles. The van der Waals surface area contributed by atoms with Gasteiger partial charge >= 0.3 is 5.97 Å². The second-order valence-corrected chi connectivity index (χ2v) is 5.06. The summed E-state index contributed by atoms with van der Waals surface area (Å²) in [7, 11) is 4.10. The Morgan fingerprint density at radius 3 is 2.83 bits per heavy atom. The molecular formula is C12H16ClN3O2. The van der Waals surface area contributed by atoms with E-state index < -0.39 is 5.97 Å². The molecule has 6 heteroatoms. The molecule has 2 heterocycles. The van der Waals surface area contributed by atoms with Gasteiger partial charge in [0.1, 0.15) is 5.82 Å². The summed E-state index contributed by atoms with van der Waals surface area (Å²) in [5, 5.41) is 9.17. The van der Waals surface area contributed by atoms with Crippen LogP contribution in [0.5, 0.6) is 0 Å². The van der Waals surface area contributed by atoms with E-state index in [1.807, 2.05) is 14.1 Å². The van der Waals surface area contributed by atoms with Gasteiger partial charge in [-0.25, -0.2) is 9.78 Å². The van der Waals surface area contributed by atoms with Gasteiger partial charge in [0.25, 0.3) is 0 Å². The molecular weight excluding hydrogens is 254 g/mol. The maximum absolute atomic E-state index is 11.0. The highest BCUT2D eigenvalue weighted by Gasteiger charge is 2.25. The fraction of sp³-hybridized carbons (Fsp3) is 0.500. The van der Waals surface area contributed by atoms with Crippen LogP contribution in [-0.4, -0.2) is 54.2 Å². The molecule has 1 unspecified atom stereocenters. The molecule has 0 saturated carbocycles. The summed E-state index contributed by atoms with van der Waals surface area (Å²) in [4.78, 5) is 19.4. The highest BCUT2D eigenvalue weighted by molar-refractivity contribution is 6.33. The number of carboxylic acids is 1. The number of anilines is 1. The number of carboxylic acid groups (broad SMARTS) is 1. The molecule has 18 heavy (non-hydrogen) atoms. The normalized spacial score (nSPS) is 19.6. The molecule has 2 rings (SSSR count). The van der Waals surface area contributed by atoms with Gasteiger partial charge < -0.3 is 14.9 Å². The van der Waals surface area contributed by atoms with Crippen LogP contribution in [0.4, 0.5) is 5.82 Å². The maximum Gasteiger partial charge on any atom is 0.356 e. The summed E-state index contributed by atoms with van der Waals surface area (Å²) < 4.78 is 0. The van der Waals surface area contributed by atoms with Gasteiger partial charge in [0.05, 0.1) is 5.02 Å². The number of aromatic nitrogens is 1. The van der Waals surface area contributed by atoms with Crippen molar-refractivity contribution in [1.82, 2.24) is 9.88 Å². The van der Waals surface area contributed by atoms with Crippen LogP contribution in [0.15, 0.2) is 12.1 Å². The fourth-order valence-corrected chi connectivity index (χ4v) is 2.32. The number of halogens is 1. The Hall–Kier alpha value is -1.33. The zero-order valence-electron chi connectivity index (χ0n) is 10.4. The molecule has 98 valence electrons. The monoisotopic (exact) mass is 269 g/mol. The van der Waals surface area contributed by atoms with E-state index in [1.54, 1.807) is 12.1 Å². The minimum atomic E-state index is -1.09. The van der Waals surface area contributed by atoms with E-state index in [0.717, 1.165) is 19.5 Å². The molecule has 0 amide bonds. The standard InChI is InChI=1S/C12H16ClN3O2/c1-15(2)8-5-6-16(7-8)10-4-3-9(13)11(14-10)12(17)18/h3-4,8H,5-7H2,1-2H3,(H,17,18). The zero-order valence-corrected chi connectivity index (χ0v) is 11.2. The Labute approximate surface area is 111 Å². The van der Waals surface area contributed by atoms with Gasteiger partial charge in [-0.05, 0) is 32.6 Å². The molecule has 1 N–H and O–H groups in total. The van der Waals surface area contributed by atoms with E-state index >= 15 is 0 Å². The largest absolute Gasteiger partial charge is 0.476 e. The second kappa shape index (κ2) is 5.12. The summed E-state index contributed by atoms with van der Waals surface area (Å²) in [5.74, 6) is -0.411. The third kappa shape index (κ3) is 2.57. The topological polar surface area (TPSA) is 56.7 Å². The van der Waals surface area contributed by atoms with E-state index in [4.69, 9.17) is 16.7 Å². The molecule has 1 aliphatic heterocycles. The van der Waals surface area contributed by atoms with Crippen LogP contribution in [-0.2, 0) is 0 Å². The van der Waals surface area contributed by atoms with E-state index in [9.17, 15) is 4.79 Å². The lowest BCUT2D eigenvalue weighted by atomic mass is 10.2. The Balaban J connectivity index is 2.20. The summed E-state index contributed by atoms with van der Waals surface area (Å²) in [5.41, 5.74) is -0.0810. The Bertz CT molecular complexity index is 465. The quantitative estimate of drug-likeness (QED) is 0.903. The predicted octanol–water partition coefficient (Wildman–Crippen LogP) is 1.57. The molecule has 0 bridgehead atoms. The molecule has 0 radical (unpaired) electrons.